The Bertz CT molecular complexity index is 1160. The van der Waals surface area contributed by atoms with E-state index in [9.17, 15) is 14.4 Å². The number of benzene rings is 2. The van der Waals surface area contributed by atoms with Crippen molar-refractivity contribution in [2.24, 2.45) is 0 Å². The van der Waals surface area contributed by atoms with Gasteiger partial charge in [-0.05, 0) is 49.2 Å². The fourth-order valence-electron chi connectivity index (χ4n) is 2.98. The van der Waals surface area contributed by atoms with Crippen LogP contribution in [0.25, 0.3) is 10.9 Å². The van der Waals surface area contributed by atoms with E-state index in [2.05, 4.69) is 26.2 Å². The molecule has 0 aliphatic heterocycles. The van der Waals surface area contributed by atoms with Crippen molar-refractivity contribution >= 4 is 44.3 Å². The van der Waals surface area contributed by atoms with Crippen LogP contribution in [-0.4, -0.2) is 39.9 Å². The number of likely N-dealkylation sites (N-methyl/N-ethyl adjacent to an activating group) is 1. The third-order valence-corrected chi connectivity index (χ3v) is 5.12. The number of hydrogen-bond donors (Lipinski definition) is 1. The summed E-state index contributed by atoms with van der Waals surface area (Å²) < 4.78 is 2.18. The van der Waals surface area contributed by atoms with Crippen LogP contribution in [0.3, 0.4) is 0 Å². The van der Waals surface area contributed by atoms with Crippen molar-refractivity contribution in [2.45, 2.75) is 20.4 Å². The Morgan fingerprint density at radius 2 is 1.93 bits per heavy atom. The van der Waals surface area contributed by atoms with Crippen molar-refractivity contribution in [1.82, 2.24) is 14.5 Å². The molecule has 0 aliphatic carbocycles. The summed E-state index contributed by atoms with van der Waals surface area (Å²) in [4.78, 5) is 43.0. The molecular weight excluding hydrogens is 436 g/mol. The lowest BCUT2D eigenvalue weighted by Crippen LogP contribution is -2.38. The summed E-state index contributed by atoms with van der Waals surface area (Å²) in [6.45, 7) is 3.46. The van der Waals surface area contributed by atoms with Crippen LogP contribution in [0.1, 0.15) is 11.1 Å². The first kappa shape index (κ1) is 20.7. The largest absolute Gasteiger partial charge is 0.335 e. The highest BCUT2D eigenvalue weighted by atomic mass is 79.9. The molecule has 1 N–H and O–H groups in total. The van der Waals surface area contributed by atoms with Gasteiger partial charge in [0.1, 0.15) is 6.54 Å². The highest BCUT2D eigenvalue weighted by Crippen LogP contribution is 2.20. The van der Waals surface area contributed by atoms with Gasteiger partial charge in [0.25, 0.3) is 5.56 Å². The van der Waals surface area contributed by atoms with Crippen LogP contribution in [0.5, 0.6) is 0 Å². The molecule has 3 rings (SSSR count). The van der Waals surface area contributed by atoms with E-state index in [1.165, 1.54) is 22.8 Å². The molecular formula is C21H21BrN4O3. The Morgan fingerprint density at radius 3 is 2.66 bits per heavy atom. The second-order valence-electron chi connectivity index (χ2n) is 6.91. The van der Waals surface area contributed by atoms with Crippen LogP contribution in [-0.2, 0) is 16.1 Å². The number of carbonyl (C=O) groups excluding carboxylic acids is 2. The van der Waals surface area contributed by atoms with Gasteiger partial charge < -0.3 is 10.2 Å². The molecule has 3 aromatic rings. The molecule has 7 nitrogen and oxygen atoms in total. The van der Waals surface area contributed by atoms with Gasteiger partial charge in [0.15, 0.2) is 0 Å². The lowest BCUT2D eigenvalue weighted by Gasteiger charge is -2.18. The van der Waals surface area contributed by atoms with Crippen molar-refractivity contribution in [3.05, 3.63) is 68.7 Å². The number of aromatic nitrogens is 2. The number of halogens is 1. The molecule has 2 amide bonds. The minimum atomic E-state index is -0.358. The van der Waals surface area contributed by atoms with Crippen molar-refractivity contribution in [1.29, 1.82) is 0 Å². The van der Waals surface area contributed by atoms with Crippen LogP contribution in [0.2, 0.25) is 0 Å². The Labute approximate surface area is 176 Å². The second-order valence-corrected chi connectivity index (χ2v) is 7.82. The van der Waals surface area contributed by atoms with Crippen molar-refractivity contribution in [3.8, 4) is 0 Å². The predicted octanol–water partition coefficient (Wildman–Crippen LogP) is 2.87. The second kappa shape index (κ2) is 8.57. The standard InChI is InChI=1S/C21H21BrN4O3/c1-13-5-4-6-16-20(13)23-12-26(21(16)29)11-19(28)25(3)10-18(27)24-17-8-7-15(22)9-14(17)2/h4-9,12H,10-11H2,1-3H3,(H,24,27). The fourth-order valence-corrected chi connectivity index (χ4v) is 3.45. The van der Waals surface area contributed by atoms with Crippen LogP contribution in [0, 0.1) is 13.8 Å². The van der Waals surface area contributed by atoms with Gasteiger partial charge in [-0.2, -0.15) is 0 Å². The third kappa shape index (κ3) is 4.71. The van der Waals surface area contributed by atoms with E-state index in [4.69, 9.17) is 0 Å². The smallest absolute Gasteiger partial charge is 0.261 e. The Balaban J connectivity index is 1.67. The van der Waals surface area contributed by atoms with Crippen molar-refractivity contribution < 1.29 is 9.59 Å². The van der Waals surface area contributed by atoms with Gasteiger partial charge in [0.2, 0.25) is 11.8 Å². The summed E-state index contributed by atoms with van der Waals surface area (Å²) in [5, 5.41) is 3.26. The molecule has 1 heterocycles. The average molecular weight is 457 g/mol. The zero-order valence-electron chi connectivity index (χ0n) is 16.4. The maximum atomic E-state index is 12.6. The van der Waals surface area contributed by atoms with Gasteiger partial charge in [-0.15, -0.1) is 0 Å². The third-order valence-electron chi connectivity index (χ3n) is 4.63. The SMILES string of the molecule is Cc1cc(Br)ccc1NC(=O)CN(C)C(=O)Cn1cnc2c(C)cccc2c1=O. The predicted molar refractivity (Wildman–Crippen MR) is 116 cm³/mol. The van der Waals surface area contributed by atoms with E-state index in [0.717, 1.165) is 15.6 Å². The van der Waals surface area contributed by atoms with E-state index in [1.807, 2.05) is 32.0 Å². The van der Waals surface area contributed by atoms with Gasteiger partial charge >= 0.3 is 0 Å². The first-order chi connectivity index (χ1) is 13.8. The Morgan fingerprint density at radius 1 is 1.17 bits per heavy atom. The summed E-state index contributed by atoms with van der Waals surface area (Å²) in [7, 11) is 1.53. The number of aryl methyl sites for hydroxylation is 2. The van der Waals surface area contributed by atoms with E-state index < -0.39 is 0 Å². The van der Waals surface area contributed by atoms with E-state index in [0.29, 0.717) is 16.6 Å². The molecule has 0 aliphatic rings. The lowest BCUT2D eigenvalue weighted by atomic mass is 10.1. The van der Waals surface area contributed by atoms with Gasteiger partial charge in [0.05, 0.1) is 23.8 Å². The molecule has 150 valence electrons. The summed E-state index contributed by atoms with van der Waals surface area (Å²) in [5.41, 5.74) is 2.83. The average Bonchev–Trinajstić information content (AvgIpc) is 2.66. The summed E-state index contributed by atoms with van der Waals surface area (Å²) >= 11 is 3.38. The molecule has 0 radical (unpaired) electrons. The summed E-state index contributed by atoms with van der Waals surface area (Å²) in [6, 6.07) is 10.9. The zero-order valence-corrected chi connectivity index (χ0v) is 18.0. The van der Waals surface area contributed by atoms with E-state index in [1.54, 1.807) is 18.2 Å². The molecule has 1 aromatic heterocycles. The zero-order chi connectivity index (χ0) is 21.1. The van der Waals surface area contributed by atoms with Crippen LogP contribution in [0.15, 0.2) is 52.0 Å². The minimum absolute atomic E-state index is 0.122. The fraction of sp³-hybridized carbons (Fsp3) is 0.238. The minimum Gasteiger partial charge on any atom is -0.335 e. The van der Waals surface area contributed by atoms with Gasteiger partial charge in [-0.25, -0.2) is 4.98 Å². The molecule has 0 atom stereocenters. The van der Waals surface area contributed by atoms with E-state index in [-0.39, 0.29) is 30.5 Å². The molecule has 0 spiro atoms. The highest BCUT2D eigenvalue weighted by molar-refractivity contribution is 9.10. The van der Waals surface area contributed by atoms with Crippen molar-refractivity contribution in [3.63, 3.8) is 0 Å². The maximum Gasteiger partial charge on any atom is 0.261 e. The number of carbonyl (C=O) groups is 2. The molecule has 2 aromatic carbocycles. The topological polar surface area (TPSA) is 84.3 Å². The van der Waals surface area contributed by atoms with Gasteiger partial charge in [-0.3, -0.25) is 19.0 Å². The number of nitrogens with zero attached hydrogens (tertiary/aromatic N) is 3. The Kier molecular flexibility index (Phi) is 6.12. The molecule has 0 unspecified atom stereocenters. The quantitative estimate of drug-likeness (QED) is 0.639. The normalized spacial score (nSPS) is 10.8. The molecule has 8 heteroatoms. The van der Waals surface area contributed by atoms with Gasteiger partial charge in [0, 0.05) is 17.2 Å². The number of para-hydroxylation sites is 1. The summed E-state index contributed by atoms with van der Waals surface area (Å²) in [6.07, 6.45) is 1.37. The van der Waals surface area contributed by atoms with E-state index >= 15 is 0 Å². The van der Waals surface area contributed by atoms with Crippen LogP contribution in [0.4, 0.5) is 5.69 Å². The maximum absolute atomic E-state index is 12.6. The number of rotatable bonds is 5. The lowest BCUT2D eigenvalue weighted by molar-refractivity contribution is -0.133. The van der Waals surface area contributed by atoms with Crippen LogP contribution < -0.4 is 10.9 Å². The molecule has 0 saturated carbocycles. The monoisotopic (exact) mass is 456 g/mol. The molecule has 29 heavy (non-hydrogen) atoms. The van der Waals surface area contributed by atoms with Gasteiger partial charge in [-0.1, -0.05) is 28.1 Å². The Hall–Kier alpha value is -3.00. The van der Waals surface area contributed by atoms with Crippen LogP contribution >= 0.6 is 15.9 Å². The van der Waals surface area contributed by atoms with Crippen molar-refractivity contribution in [2.75, 3.05) is 18.9 Å². The summed E-state index contributed by atoms with van der Waals surface area (Å²) in [5.74, 6) is -0.672. The highest BCUT2D eigenvalue weighted by Gasteiger charge is 2.16. The molecule has 0 bridgehead atoms. The number of fused-ring (bicyclic) bond motifs is 1. The first-order valence-corrected chi connectivity index (χ1v) is 9.80. The first-order valence-electron chi connectivity index (χ1n) is 9.01. The number of hydrogen-bond acceptors (Lipinski definition) is 4. The molecule has 0 fully saturated rings. The number of amides is 2. The number of anilines is 1. The number of nitrogens with one attached hydrogen (secondary N) is 1. The molecule has 0 saturated heterocycles.